The number of para-hydroxylation sites is 2. The monoisotopic (exact) mass is 325 g/mol. The summed E-state index contributed by atoms with van der Waals surface area (Å²) in [5.41, 5.74) is 2.49. The maximum Gasteiger partial charge on any atom is 0.214 e. The number of nitrogens with zero attached hydrogens (tertiary/aromatic N) is 3. The van der Waals surface area contributed by atoms with Crippen LogP contribution >= 0.6 is 11.8 Å². The number of H-pyrrole nitrogens is 1. The SMILES string of the molecule is COc1ccc(C#N)c(NCCSc2nc3ccccc3[nH]2)n1. The Morgan fingerprint density at radius 2 is 2.13 bits per heavy atom. The Morgan fingerprint density at radius 1 is 1.26 bits per heavy atom. The van der Waals surface area contributed by atoms with Gasteiger partial charge < -0.3 is 15.0 Å². The topological polar surface area (TPSA) is 86.6 Å². The average molecular weight is 325 g/mol. The van der Waals surface area contributed by atoms with Crippen LogP contribution in [0.1, 0.15) is 5.56 Å². The molecule has 2 N–H and O–H groups in total. The van der Waals surface area contributed by atoms with Gasteiger partial charge in [0, 0.05) is 18.4 Å². The number of imidazole rings is 1. The van der Waals surface area contributed by atoms with Crippen LogP contribution in [0, 0.1) is 11.3 Å². The number of nitrogens with one attached hydrogen (secondary N) is 2. The molecule has 0 aliphatic heterocycles. The molecule has 0 saturated carbocycles. The second-order valence-electron chi connectivity index (χ2n) is 4.70. The molecule has 0 radical (unpaired) electrons. The van der Waals surface area contributed by atoms with E-state index in [-0.39, 0.29) is 0 Å². The number of methoxy groups -OCH3 is 1. The van der Waals surface area contributed by atoms with Gasteiger partial charge in [0.15, 0.2) is 5.16 Å². The van der Waals surface area contributed by atoms with E-state index in [0.29, 0.717) is 23.8 Å². The molecule has 0 amide bonds. The molecule has 3 aromatic rings. The van der Waals surface area contributed by atoms with Gasteiger partial charge in [-0.05, 0) is 18.2 Å². The quantitative estimate of drug-likeness (QED) is 0.535. The number of aromatic nitrogens is 3. The van der Waals surface area contributed by atoms with Gasteiger partial charge in [-0.25, -0.2) is 4.98 Å². The first kappa shape index (κ1) is 15.2. The summed E-state index contributed by atoms with van der Waals surface area (Å²) in [5.74, 6) is 1.82. The Kier molecular flexibility index (Phi) is 4.64. The number of benzene rings is 1. The molecule has 2 heterocycles. The summed E-state index contributed by atoms with van der Waals surface area (Å²) in [5, 5.41) is 13.2. The fraction of sp³-hybridized carbons (Fsp3) is 0.188. The standard InChI is InChI=1S/C16H15N5OS/c1-22-14-7-6-11(10-17)15(21-14)18-8-9-23-16-19-12-4-2-3-5-13(12)20-16/h2-7H,8-9H2,1H3,(H,18,21)(H,19,20). The third-order valence-corrected chi connectivity index (χ3v) is 4.08. The summed E-state index contributed by atoms with van der Waals surface area (Å²) in [6.07, 6.45) is 0. The summed E-state index contributed by atoms with van der Waals surface area (Å²) in [7, 11) is 1.55. The van der Waals surface area contributed by atoms with Gasteiger partial charge in [0.05, 0.1) is 23.7 Å². The van der Waals surface area contributed by atoms with Crippen LogP contribution in [0.2, 0.25) is 0 Å². The number of fused-ring (bicyclic) bond motifs is 1. The van der Waals surface area contributed by atoms with Crippen LogP contribution in [-0.2, 0) is 0 Å². The lowest BCUT2D eigenvalue weighted by molar-refractivity contribution is 0.398. The number of nitriles is 1. The molecule has 0 spiro atoms. The van der Waals surface area contributed by atoms with Gasteiger partial charge in [-0.15, -0.1) is 0 Å². The van der Waals surface area contributed by atoms with Gasteiger partial charge in [0.2, 0.25) is 5.88 Å². The third kappa shape index (κ3) is 3.55. The van der Waals surface area contributed by atoms with Crippen LogP contribution < -0.4 is 10.1 Å². The first-order valence-electron chi connectivity index (χ1n) is 7.06. The number of anilines is 1. The zero-order valence-corrected chi connectivity index (χ0v) is 13.4. The predicted molar refractivity (Wildman–Crippen MR) is 90.8 cm³/mol. The highest BCUT2D eigenvalue weighted by atomic mass is 32.2. The second-order valence-corrected chi connectivity index (χ2v) is 5.78. The van der Waals surface area contributed by atoms with Crippen LogP contribution in [0.4, 0.5) is 5.82 Å². The molecule has 6 nitrogen and oxygen atoms in total. The van der Waals surface area contributed by atoms with Crippen molar-refractivity contribution in [3.05, 3.63) is 42.0 Å². The van der Waals surface area contributed by atoms with Crippen LogP contribution in [0.25, 0.3) is 11.0 Å². The van der Waals surface area contributed by atoms with E-state index >= 15 is 0 Å². The molecular formula is C16H15N5OS. The molecule has 116 valence electrons. The minimum absolute atomic E-state index is 0.483. The molecule has 0 aliphatic rings. The van der Waals surface area contributed by atoms with E-state index in [1.165, 1.54) is 0 Å². The fourth-order valence-electron chi connectivity index (χ4n) is 2.09. The Morgan fingerprint density at radius 3 is 2.91 bits per heavy atom. The van der Waals surface area contributed by atoms with Crippen molar-refractivity contribution in [1.82, 2.24) is 15.0 Å². The van der Waals surface area contributed by atoms with Crippen molar-refractivity contribution in [3.63, 3.8) is 0 Å². The Balaban J connectivity index is 1.58. The lowest BCUT2D eigenvalue weighted by Gasteiger charge is -2.08. The van der Waals surface area contributed by atoms with E-state index in [0.717, 1.165) is 21.9 Å². The van der Waals surface area contributed by atoms with Gasteiger partial charge in [0.25, 0.3) is 0 Å². The van der Waals surface area contributed by atoms with E-state index in [4.69, 9.17) is 10.00 Å². The minimum atomic E-state index is 0.483. The van der Waals surface area contributed by atoms with Crippen molar-refractivity contribution >= 4 is 28.6 Å². The lowest BCUT2D eigenvalue weighted by atomic mass is 10.3. The summed E-state index contributed by atoms with van der Waals surface area (Å²) in [6, 6.07) is 13.4. The maximum atomic E-state index is 9.11. The molecule has 7 heteroatoms. The normalized spacial score (nSPS) is 10.4. The maximum absolute atomic E-state index is 9.11. The molecule has 0 fully saturated rings. The van der Waals surface area contributed by atoms with E-state index in [1.54, 1.807) is 31.0 Å². The van der Waals surface area contributed by atoms with Crippen LogP contribution in [0.5, 0.6) is 5.88 Å². The van der Waals surface area contributed by atoms with Crippen molar-refractivity contribution in [1.29, 1.82) is 5.26 Å². The smallest absolute Gasteiger partial charge is 0.214 e. The average Bonchev–Trinajstić information content (AvgIpc) is 3.01. The second kappa shape index (κ2) is 7.03. The van der Waals surface area contributed by atoms with Crippen LogP contribution in [0.3, 0.4) is 0 Å². The van der Waals surface area contributed by atoms with Crippen LogP contribution in [0.15, 0.2) is 41.6 Å². The lowest BCUT2D eigenvalue weighted by Crippen LogP contribution is -2.08. The molecule has 0 unspecified atom stereocenters. The molecule has 0 aliphatic carbocycles. The molecule has 1 aromatic carbocycles. The number of pyridine rings is 1. The molecule has 0 bridgehead atoms. The minimum Gasteiger partial charge on any atom is -0.481 e. The largest absolute Gasteiger partial charge is 0.481 e. The number of aromatic amines is 1. The molecule has 0 atom stereocenters. The number of hydrogen-bond donors (Lipinski definition) is 2. The summed E-state index contributed by atoms with van der Waals surface area (Å²) in [4.78, 5) is 12.0. The molecule has 2 aromatic heterocycles. The Bertz CT molecular complexity index is 822. The highest BCUT2D eigenvalue weighted by Gasteiger charge is 2.06. The predicted octanol–water partition coefficient (Wildman–Crippen LogP) is 3.04. The molecule has 23 heavy (non-hydrogen) atoms. The number of thioether (sulfide) groups is 1. The van der Waals surface area contributed by atoms with Gasteiger partial charge in [-0.1, -0.05) is 23.9 Å². The van der Waals surface area contributed by atoms with Gasteiger partial charge in [-0.2, -0.15) is 10.2 Å². The summed E-state index contributed by atoms with van der Waals surface area (Å²) in [6.45, 7) is 0.663. The van der Waals surface area contributed by atoms with Crippen LogP contribution in [-0.4, -0.2) is 34.4 Å². The number of ether oxygens (including phenoxy) is 1. The van der Waals surface area contributed by atoms with Crippen molar-refractivity contribution < 1.29 is 4.74 Å². The summed E-state index contributed by atoms with van der Waals surface area (Å²) < 4.78 is 5.08. The van der Waals surface area contributed by atoms with Crippen molar-refractivity contribution in [2.75, 3.05) is 24.7 Å². The molecule has 3 rings (SSSR count). The molecule has 0 saturated heterocycles. The summed E-state index contributed by atoms with van der Waals surface area (Å²) >= 11 is 1.62. The highest BCUT2D eigenvalue weighted by Crippen LogP contribution is 2.20. The highest BCUT2D eigenvalue weighted by molar-refractivity contribution is 7.99. The van der Waals surface area contributed by atoms with E-state index in [1.807, 2.05) is 24.3 Å². The number of rotatable bonds is 6. The van der Waals surface area contributed by atoms with E-state index in [9.17, 15) is 0 Å². The van der Waals surface area contributed by atoms with Crippen molar-refractivity contribution in [2.45, 2.75) is 5.16 Å². The van der Waals surface area contributed by atoms with Gasteiger partial charge in [0.1, 0.15) is 11.9 Å². The van der Waals surface area contributed by atoms with Gasteiger partial charge in [-0.3, -0.25) is 0 Å². The van der Waals surface area contributed by atoms with E-state index in [2.05, 4.69) is 26.3 Å². The zero-order chi connectivity index (χ0) is 16.1. The van der Waals surface area contributed by atoms with Crippen molar-refractivity contribution in [3.8, 4) is 11.9 Å². The fourth-order valence-corrected chi connectivity index (χ4v) is 2.84. The van der Waals surface area contributed by atoms with Gasteiger partial charge >= 0.3 is 0 Å². The molecular weight excluding hydrogens is 310 g/mol. The number of hydrogen-bond acceptors (Lipinski definition) is 6. The first-order valence-corrected chi connectivity index (χ1v) is 8.05. The van der Waals surface area contributed by atoms with Crippen molar-refractivity contribution in [2.24, 2.45) is 0 Å². The Labute approximate surface area is 137 Å². The zero-order valence-electron chi connectivity index (χ0n) is 12.5. The van der Waals surface area contributed by atoms with E-state index < -0.39 is 0 Å². The first-order chi connectivity index (χ1) is 11.3. The third-order valence-electron chi connectivity index (χ3n) is 3.20. The Hall–Kier alpha value is -2.72.